The van der Waals surface area contributed by atoms with E-state index in [4.69, 9.17) is 14.2 Å². The third-order valence-corrected chi connectivity index (χ3v) is 6.15. The molecule has 3 aliphatic rings. The van der Waals surface area contributed by atoms with Crippen LogP contribution in [0.3, 0.4) is 0 Å². The van der Waals surface area contributed by atoms with Crippen LogP contribution in [0.5, 0.6) is 17.2 Å². The SMILES string of the molecule is Cc1csc(CCN2C(=O)NC3CC2(C)Oc2cc4c(cc23)OCO4)n1. The van der Waals surface area contributed by atoms with E-state index in [-0.39, 0.29) is 18.9 Å². The molecule has 0 saturated carbocycles. The van der Waals surface area contributed by atoms with Crippen molar-refractivity contribution in [3.8, 4) is 17.2 Å². The standard InChI is InChI=1S/C18H19N3O4S/c1-10-8-26-16(19-10)3-4-21-17(22)20-12-7-18(21,2)25-13-6-15-14(5-11(12)13)23-9-24-15/h5-6,8,12H,3-4,7,9H2,1-2H3,(H,20,22). The Kier molecular flexibility index (Phi) is 3.34. The van der Waals surface area contributed by atoms with Gasteiger partial charge in [-0.15, -0.1) is 11.3 Å². The maximum Gasteiger partial charge on any atom is 0.320 e. The molecule has 1 aromatic carbocycles. The van der Waals surface area contributed by atoms with Crippen LogP contribution in [0.2, 0.25) is 0 Å². The van der Waals surface area contributed by atoms with Crippen molar-refractivity contribution in [2.45, 2.75) is 38.5 Å². The van der Waals surface area contributed by atoms with Crippen molar-refractivity contribution < 1.29 is 19.0 Å². The number of benzene rings is 1. The molecule has 1 saturated heterocycles. The van der Waals surface area contributed by atoms with Gasteiger partial charge in [-0.25, -0.2) is 9.78 Å². The van der Waals surface area contributed by atoms with Gasteiger partial charge in [-0.05, 0) is 19.9 Å². The van der Waals surface area contributed by atoms with Crippen LogP contribution in [-0.4, -0.2) is 35.0 Å². The Hall–Kier alpha value is -2.48. The monoisotopic (exact) mass is 373 g/mol. The molecule has 3 aliphatic heterocycles. The molecular weight excluding hydrogens is 354 g/mol. The van der Waals surface area contributed by atoms with Gasteiger partial charge < -0.3 is 19.5 Å². The fourth-order valence-electron chi connectivity index (χ4n) is 3.87. The van der Waals surface area contributed by atoms with Crippen LogP contribution in [0, 0.1) is 6.92 Å². The number of aryl methyl sites for hydroxylation is 1. The van der Waals surface area contributed by atoms with Crippen molar-refractivity contribution in [3.63, 3.8) is 0 Å². The summed E-state index contributed by atoms with van der Waals surface area (Å²) in [7, 11) is 0. The first-order chi connectivity index (χ1) is 12.5. The lowest BCUT2D eigenvalue weighted by atomic mass is 9.90. The van der Waals surface area contributed by atoms with Crippen LogP contribution in [0.1, 0.15) is 35.7 Å². The smallest absolute Gasteiger partial charge is 0.320 e. The predicted molar refractivity (Wildman–Crippen MR) is 94.7 cm³/mol. The van der Waals surface area contributed by atoms with Crippen molar-refractivity contribution in [2.75, 3.05) is 13.3 Å². The first-order valence-electron chi connectivity index (χ1n) is 8.63. The normalized spacial score (nSPS) is 25.5. The molecule has 8 heteroatoms. The average Bonchev–Trinajstić information content (AvgIpc) is 3.20. The lowest BCUT2D eigenvalue weighted by molar-refractivity contribution is -0.0833. The van der Waals surface area contributed by atoms with Crippen LogP contribution in [0.25, 0.3) is 0 Å². The highest BCUT2D eigenvalue weighted by Crippen LogP contribution is 2.48. The van der Waals surface area contributed by atoms with Gasteiger partial charge in [0.1, 0.15) is 5.75 Å². The van der Waals surface area contributed by atoms with E-state index in [2.05, 4.69) is 10.3 Å². The molecule has 2 aromatic rings. The fraction of sp³-hybridized carbons (Fsp3) is 0.444. The van der Waals surface area contributed by atoms with Gasteiger partial charge in [-0.3, -0.25) is 4.90 Å². The molecule has 0 aliphatic carbocycles. The van der Waals surface area contributed by atoms with E-state index in [9.17, 15) is 4.79 Å². The number of urea groups is 1. The van der Waals surface area contributed by atoms with E-state index in [1.165, 1.54) is 0 Å². The number of rotatable bonds is 3. The zero-order chi connectivity index (χ0) is 17.9. The molecule has 2 bridgehead atoms. The highest BCUT2D eigenvalue weighted by molar-refractivity contribution is 7.09. The molecule has 1 aromatic heterocycles. The summed E-state index contributed by atoms with van der Waals surface area (Å²) in [6.07, 6.45) is 1.39. The minimum atomic E-state index is -0.694. The zero-order valence-electron chi connectivity index (χ0n) is 14.6. The number of nitrogens with zero attached hydrogens (tertiary/aromatic N) is 2. The number of aromatic nitrogens is 1. The first-order valence-corrected chi connectivity index (χ1v) is 9.51. The van der Waals surface area contributed by atoms with Crippen LogP contribution in [-0.2, 0) is 6.42 Å². The van der Waals surface area contributed by atoms with Gasteiger partial charge in [0, 0.05) is 42.1 Å². The van der Waals surface area contributed by atoms with E-state index >= 15 is 0 Å². The number of hydrogen-bond donors (Lipinski definition) is 1. The zero-order valence-corrected chi connectivity index (χ0v) is 15.4. The molecule has 0 spiro atoms. The number of hydrogen-bond acceptors (Lipinski definition) is 6. The van der Waals surface area contributed by atoms with Crippen LogP contribution in [0.4, 0.5) is 4.79 Å². The molecule has 2 unspecified atom stereocenters. The molecular formula is C18H19N3O4S. The quantitative estimate of drug-likeness (QED) is 0.895. The second-order valence-corrected chi connectivity index (χ2v) is 7.95. The number of amides is 2. The lowest BCUT2D eigenvalue weighted by Crippen LogP contribution is -2.65. The van der Waals surface area contributed by atoms with Crippen LogP contribution in [0.15, 0.2) is 17.5 Å². The predicted octanol–water partition coefficient (Wildman–Crippen LogP) is 2.99. The van der Waals surface area contributed by atoms with E-state index in [1.807, 2.05) is 31.4 Å². The summed E-state index contributed by atoms with van der Waals surface area (Å²) in [5.74, 6) is 2.12. The third-order valence-electron chi connectivity index (χ3n) is 5.12. The summed E-state index contributed by atoms with van der Waals surface area (Å²) >= 11 is 1.62. The number of carbonyl (C=O) groups excluding carboxylic acids is 1. The summed E-state index contributed by atoms with van der Waals surface area (Å²) in [4.78, 5) is 19.0. The number of carbonyl (C=O) groups is 1. The maximum absolute atomic E-state index is 12.7. The van der Waals surface area contributed by atoms with E-state index in [0.29, 0.717) is 30.9 Å². The molecule has 0 radical (unpaired) electrons. The molecule has 7 nitrogen and oxygen atoms in total. The molecule has 4 heterocycles. The van der Waals surface area contributed by atoms with Crippen molar-refractivity contribution >= 4 is 17.4 Å². The van der Waals surface area contributed by atoms with Crippen LogP contribution >= 0.6 is 11.3 Å². The van der Waals surface area contributed by atoms with Gasteiger partial charge in [0.2, 0.25) is 6.79 Å². The molecule has 1 fully saturated rings. The second kappa shape index (κ2) is 5.51. The largest absolute Gasteiger partial charge is 0.468 e. The van der Waals surface area contributed by atoms with Crippen molar-refractivity contribution in [2.24, 2.45) is 0 Å². The minimum absolute atomic E-state index is 0.0934. The van der Waals surface area contributed by atoms with Gasteiger partial charge in [0.25, 0.3) is 0 Å². The van der Waals surface area contributed by atoms with Crippen LogP contribution < -0.4 is 19.5 Å². The summed E-state index contributed by atoms with van der Waals surface area (Å²) in [6.45, 7) is 4.72. The van der Waals surface area contributed by atoms with Gasteiger partial charge in [0.05, 0.1) is 11.0 Å². The molecule has 1 N–H and O–H groups in total. The second-order valence-electron chi connectivity index (χ2n) is 7.01. The van der Waals surface area contributed by atoms with Crippen molar-refractivity contribution in [1.29, 1.82) is 0 Å². The van der Waals surface area contributed by atoms with Gasteiger partial charge in [-0.2, -0.15) is 0 Å². The van der Waals surface area contributed by atoms with Gasteiger partial charge in [0.15, 0.2) is 17.2 Å². The highest BCUT2D eigenvalue weighted by atomic mass is 32.1. The van der Waals surface area contributed by atoms with E-state index in [0.717, 1.165) is 22.0 Å². The third kappa shape index (κ3) is 2.39. The van der Waals surface area contributed by atoms with E-state index < -0.39 is 5.72 Å². The fourth-order valence-corrected chi connectivity index (χ4v) is 4.63. The number of ether oxygens (including phenoxy) is 3. The number of fused-ring (bicyclic) bond motifs is 5. The van der Waals surface area contributed by atoms with Crippen molar-refractivity contribution in [1.82, 2.24) is 15.2 Å². The Labute approximate surface area is 154 Å². The Morgan fingerprint density at radius 2 is 2.15 bits per heavy atom. The minimum Gasteiger partial charge on any atom is -0.468 e. The van der Waals surface area contributed by atoms with Gasteiger partial charge >= 0.3 is 6.03 Å². The average molecular weight is 373 g/mol. The Morgan fingerprint density at radius 3 is 2.92 bits per heavy atom. The highest BCUT2D eigenvalue weighted by Gasteiger charge is 2.49. The molecule has 2 amide bonds. The summed E-state index contributed by atoms with van der Waals surface area (Å²) in [6, 6.07) is 3.57. The number of nitrogens with one attached hydrogen (secondary N) is 1. The summed E-state index contributed by atoms with van der Waals surface area (Å²) in [5, 5.41) is 6.16. The molecule has 5 rings (SSSR count). The Bertz CT molecular complexity index is 899. The Morgan fingerprint density at radius 1 is 1.35 bits per heavy atom. The molecule has 26 heavy (non-hydrogen) atoms. The molecule has 2 atom stereocenters. The number of thiazole rings is 1. The van der Waals surface area contributed by atoms with Gasteiger partial charge in [-0.1, -0.05) is 0 Å². The maximum atomic E-state index is 12.7. The lowest BCUT2D eigenvalue weighted by Gasteiger charge is -2.50. The Balaban J connectivity index is 1.43. The summed E-state index contributed by atoms with van der Waals surface area (Å²) in [5.41, 5.74) is 1.26. The van der Waals surface area contributed by atoms with E-state index in [1.54, 1.807) is 16.2 Å². The topological polar surface area (TPSA) is 72.9 Å². The van der Waals surface area contributed by atoms with Crippen molar-refractivity contribution in [3.05, 3.63) is 33.8 Å². The first kappa shape index (κ1) is 15.7. The summed E-state index contributed by atoms with van der Waals surface area (Å²) < 4.78 is 17.2. The molecule has 136 valence electrons.